The molecule has 0 fully saturated rings. The van der Waals surface area contributed by atoms with Crippen LogP contribution in [0.1, 0.15) is 15.9 Å². The van der Waals surface area contributed by atoms with Crippen molar-refractivity contribution in [2.24, 2.45) is 0 Å². The van der Waals surface area contributed by atoms with Crippen molar-refractivity contribution in [3.8, 4) is 5.75 Å². The molecule has 116 valence electrons. The van der Waals surface area contributed by atoms with E-state index in [0.717, 1.165) is 16.3 Å². The van der Waals surface area contributed by atoms with Crippen LogP contribution in [0.3, 0.4) is 0 Å². The molecule has 2 N–H and O–H groups in total. The van der Waals surface area contributed by atoms with Crippen molar-refractivity contribution in [1.82, 2.24) is 0 Å². The second kappa shape index (κ2) is 6.11. The van der Waals surface area contributed by atoms with Crippen molar-refractivity contribution < 1.29 is 9.90 Å². The Morgan fingerprint density at radius 3 is 2.61 bits per heavy atom. The first-order valence-corrected chi connectivity index (χ1v) is 7.70. The summed E-state index contributed by atoms with van der Waals surface area (Å²) in [5, 5.41) is 15.2. The molecule has 0 saturated heterocycles. The Morgan fingerprint density at radius 1 is 1.04 bits per heavy atom. The molecule has 3 nitrogen and oxygen atoms in total. The molecule has 0 saturated carbocycles. The fourth-order valence-corrected chi connectivity index (χ4v) is 2.74. The third-order valence-corrected chi connectivity index (χ3v) is 4.26. The lowest BCUT2D eigenvalue weighted by Gasteiger charge is -2.10. The van der Waals surface area contributed by atoms with Gasteiger partial charge in [-0.2, -0.15) is 0 Å². The Hall–Kier alpha value is -2.23. The molecule has 0 heterocycles. The van der Waals surface area contributed by atoms with E-state index < -0.39 is 0 Å². The van der Waals surface area contributed by atoms with Gasteiger partial charge in [-0.3, -0.25) is 4.79 Å². The van der Waals surface area contributed by atoms with E-state index in [-0.39, 0.29) is 11.7 Å². The summed E-state index contributed by atoms with van der Waals surface area (Å²) in [5.41, 5.74) is 1.75. The van der Waals surface area contributed by atoms with Gasteiger partial charge in [0.25, 0.3) is 5.91 Å². The van der Waals surface area contributed by atoms with Crippen LogP contribution >= 0.6 is 23.2 Å². The molecule has 23 heavy (non-hydrogen) atoms. The van der Waals surface area contributed by atoms with Crippen molar-refractivity contribution >= 4 is 45.6 Å². The number of anilines is 1. The van der Waals surface area contributed by atoms with Crippen LogP contribution in [0.15, 0.2) is 48.5 Å². The van der Waals surface area contributed by atoms with Gasteiger partial charge in [0.1, 0.15) is 5.75 Å². The van der Waals surface area contributed by atoms with Gasteiger partial charge in [-0.15, -0.1) is 0 Å². The van der Waals surface area contributed by atoms with Crippen molar-refractivity contribution in [2.45, 2.75) is 6.92 Å². The third-order valence-electron chi connectivity index (χ3n) is 3.70. The van der Waals surface area contributed by atoms with Crippen LogP contribution in [-0.2, 0) is 0 Å². The highest BCUT2D eigenvalue weighted by atomic mass is 35.5. The van der Waals surface area contributed by atoms with Crippen molar-refractivity contribution in [3.05, 3.63) is 69.7 Å². The number of hydrogen-bond acceptors (Lipinski definition) is 2. The van der Waals surface area contributed by atoms with Gasteiger partial charge in [0.15, 0.2) is 0 Å². The van der Waals surface area contributed by atoms with E-state index in [1.54, 1.807) is 42.5 Å². The first-order valence-electron chi connectivity index (χ1n) is 6.94. The summed E-state index contributed by atoms with van der Waals surface area (Å²) in [6, 6.07) is 13.6. The number of carbonyl (C=O) groups is 1. The van der Waals surface area contributed by atoms with Gasteiger partial charge in [-0.05, 0) is 59.7 Å². The molecule has 0 radical (unpaired) electrons. The molecule has 3 aromatic rings. The number of benzene rings is 3. The summed E-state index contributed by atoms with van der Waals surface area (Å²) in [4.78, 5) is 12.4. The first kappa shape index (κ1) is 15.7. The number of halogens is 2. The topological polar surface area (TPSA) is 49.3 Å². The largest absolute Gasteiger partial charge is 0.508 e. The quantitative estimate of drug-likeness (QED) is 0.652. The summed E-state index contributed by atoms with van der Waals surface area (Å²) >= 11 is 12.0. The Bertz CT molecular complexity index is 922. The highest BCUT2D eigenvalue weighted by Gasteiger charge is 2.11. The molecule has 0 unspecified atom stereocenters. The summed E-state index contributed by atoms with van der Waals surface area (Å²) in [7, 11) is 0. The number of amides is 1. The van der Waals surface area contributed by atoms with Crippen LogP contribution in [0.5, 0.6) is 5.75 Å². The van der Waals surface area contributed by atoms with E-state index >= 15 is 0 Å². The Kier molecular flexibility index (Phi) is 4.16. The minimum atomic E-state index is -0.276. The highest BCUT2D eigenvalue weighted by Crippen LogP contribution is 2.28. The van der Waals surface area contributed by atoms with Gasteiger partial charge in [-0.1, -0.05) is 35.3 Å². The van der Waals surface area contributed by atoms with Crippen LogP contribution in [-0.4, -0.2) is 11.0 Å². The number of phenols is 1. The molecule has 0 atom stereocenters. The molecular formula is C18H13Cl2NO2. The molecule has 0 aliphatic carbocycles. The number of nitrogens with one attached hydrogen (secondary N) is 1. The molecule has 0 spiro atoms. The predicted octanol–water partition coefficient (Wildman–Crippen LogP) is 5.41. The van der Waals surface area contributed by atoms with Crippen molar-refractivity contribution in [1.29, 1.82) is 0 Å². The molecule has 0 aliphatic rings. The van der Waals surface area contributed by atoms with Gasteiger partial charge in [0.2, 0.25) is 0 Å². The number of carbonyl (C=O) groups excluding carboxylic acids is 1. The van der Waals surface area contributed by atoms with E-state index in [1.807, 2.05) is 13.0 Å². The Labute approximate surface area is 143 Å². The monoisotopic (exact) mass is 345 g/mol. The highest BCUT2D eigenvalue weighted by molar-refractivity contribution is 6.35. The molecule has 0 aromatic heterocycles. The van der Waals surface area contributed by atoms with Crippen LogP contribution in [0.4, 0.5) is 5.69 Å². The molecule has 0 aliphatic heterocycles. The van der Waals surface area contributed by atoms with E-state index in [4.69, 9.17) is 23.2 Å². The van der Waals surface area contributed by atoms with Gasteiger partial charge in [0, 0.05) is 10.6 Å². The molecule has 0 bridgehead atoms. The number of aryl methyl sites for hydroxylation is 1. The average Bonchev–Trinajstić information content (AvgIpc) is 2.54. The maximum atomic E-state index is 12.4. The number of aromatic hydroxyl groups is 1. The van der Waals surface area contributed by atoms with Crippen molar-refractivity contribution in [3.63, 3.8) is 0 Å². The third kappa shape index (κ3) is 3.11. The summed E-state index contributed by atoms with van der Waals surface area (Å²) in [5.74, 6) is -0.0396. The second-order valence-corrected chi connectivity index (χ2v) is 6.07. The smallest absolute Gasteiger partial charge is 0.255 e. The molecule has 3 rings (SSSR count). The molecule has 5 heteroatoms. The van der Waals surface area contributed by atoms with Crippen LogP contribution < -0.4 is 5.32 Å². The molecule has 3 aromatic carbocycles. The fourth-order valence-electron chi connectivity index (χ4n) is 2.40. The van der Waals surface area contributed by atoms with E-state index in [0.29, 0.717) is 21.3 Å². The van der Waals surface area contributed by atoms with E-state index in [1.165, 1.54) is 0 Å². The maximum Gasteiger partial charge on any atom is 0.255 e. The minimum Gasteiger partial charge on any atom is -0.508 e. The zero-order chi connectivity index (χ0) is 16.6. The summed E-state index contributed by atoms with van der Waals surface area (Å²) in [6.45, 7) is 1.84. The number of fused-ring (bicyclic) bond motifs is 1. The number of rotatable bonds is 2. The Balaban J connectivity index is 1.95. The average molecular weight is 346 g/mol. The second-order valence-electron chi connectivity index (χ2n) is 5.22. The zero-order valence-electron chi connectivity index (χ0n) is 12.2. The van der Waals surface area contributed by atoms with E-state index in [2.05, 4.69) is 5.32 Å². The van der Waals surface area contributed by atoms with Crippen LogP contribution in [0, 0.1) is 6.92 Å². The standard InChI is InChI=1S/C18H13Cl2NO2/c1-10-14-5-2-12(8-11(14)3-7-17(10)22)18(23)21-16-9-13(19)4-6-15(16)20/h2-9,22H,1H3,(H,21,23). The number of phenolic OH excluding ortho intramolecular Hbond substituents is 1. The predicted molar refractivity (Wildman–Crippen MR) is 94.8 cm³/mol. The molecular weight excluding hydrogens is 333 g/mol. The summed E-state index contributed by atoms with van der Waals surface area (Å²) in [6.07, 6.45) is 0. The first-order chi connectivity index (χ1) is 11.0. The van der Waals surface area contributed by atoms with Crippen molar-refractivity contribution in [2.75, 3.05) is 5.32 Å². The lowest BCUT2D eigenvalue weighted by molar-refractivity contribution is 0.102. The van der Waals surface area contributed by atoms with Gasteiger partial charge in [0.05, 0.1) is 10.7 Å². The van der Waals surface area contributed by atoms with Gasteiger partial charge in [-0.25, -0.2) is 0 Å². The fraction of sp³-hybridized carbons (Fsp3) is 0.0556. The summed E-state index contributed by atoms with van der Waals surface area (Å²) < 4.78 is 0. The van der Waals surface area contributed by atoms with Gasteiger partial charge < -0.3 is 10.4 Å². The number of hydrogen-bond donors (Lipinski definition) is 2. The van der Waals surface area contributed by atoms with Crippen LogP contribution in [0.25, 0.3) is 10.8 Å². The lowest BCUT2D eigenvalue weighted by Crippen LogP contribution is -2.12. The zero-order valence-corrected chi connectivity index (χ0v) is 13.7. The minimum absolute atomic E-state index is 0.236. The molecule has 1 amide bonds. The SMILES string of the molecule is Cc1c(O)ccc2cc(C(=O)Nc3cc(Cl)ccc3Cl)ccc12. The van der Waals surface area contributed by atoms with Gasteiger partial charge >= 0.3 is 0 Å². The normalized spacial score (nSPS) is 10.7. The maximum absolute atomic E-state index is 12.4. The van der Waals surface area contributed by atoms with Crippen LogP contribution in [0.2, 0.25) is 10.0 Å². The van der Waals surface area contributed by atoms with E-state index in [9.17, 15) is 9.90 Å². The lowest BCUT2D eigenvalue weighted by atomic mass is 10.0. The Morgan fingerprint density at radius 2 is 1.83 bits per heavy atom.